The van der Waals surface area contributed by atoms with Crippen LogP contribution in [-0.2, 0) is 9.53 Å². The molecule has 1 aliphatic carbocycles. The van der Waals surface area contributed by atoms with E-state index < -0.39 is 12.1 Å². The number of nitrogens with zero attached hydrogens (tertiary/aromatic N) is 1. The Balaban J connectivity index is 2.42. The highest BCUT2D eigenvalue weighted by molar-refractivity contribution is 6.21. The standard InChI is InChI=1S/C13H21ClF3NO2/c1-18(7-11(14)8-20-2)12(19)9-3-5-10(6-4-9)13(15,16)17/h9-11H,3-8H2,1-2H3. The molecule has 0 bridgehead atoms. The van der Waals surface area contributed by atoms with Crippen molar-refractivity contribution >= 4 is 17.5 Å². The van der Waals surface area contributed by atoms with Gasteiger partial charge in [-0.25, -0.2) is 0 Å². The van der Waals surface area contributed by atoms with E-state index in [0.717, 1.165) is 0 Å². The van der Waals surface area contributed by atoms with Crippen molar-refractivity contribution in [3.05, 3.63) is 0 Å². The number of amides is 1. The normalized spacial score (nSPS) is 25.3. The number of methoxy groups -OCH3 is 1. The van der Waals surface area contributed by atoms with Crippen LogP contribution >= 0.6 is 11.6 Å². The van der Waals surface area contributed by atoms with Crippen LogP contribution in [0.4, 0.5) is 13.2 Å². The van der Waals surface area contributed by atoms with Gasteiger partial charge in [0.15, 0.2) is 0 Å². The highest BCUT2D eigenvalue weighted by atomic mass is 35.5. The highest BCUT2D eigenvalue weighted by Gasteiger charge is 2.42. The molecule has 7 heteroatoms. The molecule has 0 aliphatic heterocycles. The van der Waals surface area contributed by atoms with Crippen LogP contribution in [0.2, 0.25) is 0 Å². The van der Waals surface area contributed by atoms with E-state index >= 15 is 0 Å². The molecule has 1 unspecified atom stereocenters. The fourth-order valence-electron chi connectivity index (χ4n) is 2.60. The summed E-state index contributed by atoms with van der Waals surface area (Å²) >= 11 is 5.97. The molecule has 0 heterocycles. The van der Waals surface area contributed by atoms with Crippen molar-refractivity contribution in [2.45, 2.75) is 37.2 Å². The molecule has 1 saturated carbocycles. The van der Waals surface area contributed by atoms with E-state index in [2.05, 4.69) is 0 Å². The SMILES string of the molecule is COCC(Cl)CN(C)C(=O)C1CCC(C(F)(F)F)CC1. The van der Waals surface area contributed by atoms with Crippen molar-refractivity contribution in [3.63, 3.8) is 0 Å². The number of hydrogen-bond acceptors (Lipinski definition) is 2. The number of ether oxygens (including phenoxy) is 1. The Morgan fingerprint density at radius 1 is 1.35 bits per heavy atom. The Kier molecular flexibility index (Phi) is 6.58. The van der Waals surface area contributed by atoms with Gasteiger partial charge in [0.25, 0.3) is 0 Å². The van der Waals surface area contributed by atoms with Gasteiger partial charge in [-0.3, -0.25) is 4.79 Å². The second-order valence-electron chi connectivity index (χ2n) is 5.36. The van der Waals surface area contributed by atoms with E-state index in [-0.39, 0.29) is 30.0 Å². The lowest BCUT2D eigenvalue weighted by atomic mass is 9.81. The van der Waals surface area contributed by atoms with Crippen LogP contribution in [0.25, 0.3) is 0 Å². The summed E-state index contributed by atoms with van der Waals surface area (Å²) in [7, 11) is 3.15. The molecule has 20 heavy (non-hydrogen) atoms. The Labute approximate surface area is 122 Å². The Morgan fingerprint density at radius 3 is 2.35 bits per heavy atom. The average molecular weight is 316 g/mol. The predicted octanol–water partition coefficient (Wildman–Crippen LogP) is 3.07. The third kappa shape index (κ3) is 5.13. The first-order chi connectivity index (χ1) is 9.25. The Bertz CT molecular complexity index is 317. The summed E-state index contributed by atoms with van der Waals surface area (Å²) in [6, 6.07) is 0. The minimum absolute atomic E-state index is 0.0378. The van der Waals surface area contributed by atoms with E-state index in [1.165, 1.54) is 12.0 Å². The van der Waals surface area contributed by atoms with Crippen LogP contribution in [0.5, 0.6) is 0 Å². The lowest BCUT2D eigenvalue weighted by molar-refractivity contribution is -0.185. The van der Waals surface area contributed by atoms with Crippen molar-refractivity contribution in [2.24, 2.45) is 11.8 Å². The van der Waals surface area contributed by atoms with Crippen LogP contribution in [0, 0.1) is 11.8 Å². The van der Waals surface area contributed by atoms with E-state index in [0.29, 0.717) is 26.0 Å². The van der Waals surface area contributed by atoms with E-state index in [9.17, 15) is 18.0 Å². The highest BCUT2D eigenvalue weighted by Crippen LogP contribution is 2.39. The molecule has 0 aromatic heterocycles. The van der Waals surface area contributed by atoms with Gasteiger partial charge in [0.2, 0.25) is 5.91 Å². The first-order valence-electron chi connectivity index (χ1n) is 6.70. The molecule has 1 rings (SSSR count). The monoisotopic (exact) mass is 315 g/mol. The third-order valence-electron chi connectivity index (χ3n) is 3.74. The van der Waals surface area contributed by atoms with Gasteiger partial charge in [-0.1, -0.05) is 0 Å². The number of rotatable bonds is 5. The summed E-state index contributed by atoms with van der Waals surface area (Å²) in [4.78, 5) is 13.6. The van der Waals surface area contributed by atoms with Crippen molar-refractivity contribution in [3.8, 4) is 0 Å². The van der Waals surface area contributed by atoms with Crippen molar-refractivity contribution in [2.75, 3.05) is 27.3 Å². The molecule has 1 aliphatic rings. The molecule has 1 amide bonds. The predicted molar refractivity (Wildman–Crippen MR) is 70.7 cm³/mol. The zero-order valence-corrected chi connectivity index (χ0v) is 12.5. The summed E-state index contributed by atoms with van der Waals surface area (Å²) in [5.74, 6) is -1.69. The quantitative estimate of drug-likeness (QED) is 0.730. The molecule has 0 N–H and O–H groups in total. The van der Waals surface area contributed by atoms with Crippen LogP contribution in [0.1, 0.15) is 25.7 Å². The van der Waals surface area contributed by atoms with Gasteiger partial charge in [-0.2, -0.15) is 13.2 Å². The fourth-order valence-corrected chi connectivity index (χ4v) is 2.93. The number of carbonyl (C=O) groups is 1. The number of halogens is 4. The molecular weight excluding hydrogens is 295 g/mol. The van der Waals surface area contributed by atoms with Gasteiger partial charge in [0.05, 0.1) is 17.9 Å². The van der Waals surface area contributed by atoms with Gasteiger partial charge in [0, 0.05) is 26.6 Å². The van der Waals surface area contributed by atoms with E-state index in [4.69, 9.17) is 16.3 Å². The summed E-state index contributed by atoms with van der Waals surface area (Å²) in [6.45, 7) is 0.674. The summed E-state index contributed by atoms with van der Waals surface area (Å²) in [6.07, 6.45) is -3.47. The number of alkyl halides is 4. The van der Waals surface area contributed by atoms with Crippen molar-refractivity contribution < 1.29 is 22.7 Å². The van der Waals surface area contributed by atoms with Crippen molar-refractivity contribution in [1.29, 1.82) is 0 Å². The molecule has 0 spiro atoms. The topological polar surface area (TPSA) is 29.5 Å². The Morgan fingerprint density at radius 2 is 1.90 bits per heavy atom. The zero-order chi connectivity index (χ0) is 15.3. The minimum atomic E-state index is -4.14. The number of carbonyl (C=O) groups excluding carboxylic acids is 1. The molecule has 3 nitrogen and oxygen atoms in total. The lowest BCUT2D eigenvalue weighted by Crippen LogP contribution is -2.40. The fraction of sp³-hybridized carbons (Fsp3) is 0.923. The van der Waals surface area contributed by atoms with Crippen LogP contribution in [0.15, 0.2) is 0 Å². The van der Waals surface area contributed by atoms with Crippen molar-refractivity contribution in [1.82, 2.24) is 4.90 Å². The second kappa shape index (κ2) is 7.50. The summed E-state index contributed by atoms with van der Waals surface area (Å²) in [5, 5.41) is -0.305. The van der Waals surface area contributed by atoms with Crippen LogP contribution in [-0.4, -0.2) is 49.7 Å². The second-order valence-corrected chi connectivity index (χ2v) is 5.98. The lowest BCUT2D eigenvalue weighted by Gasteiger charge is -2.32. The minimum Gasteiger partial charge on any atom is -0.383 e. The van der Waals surface area contributed by atoms with Gasteiger partial charge in [-0.15, -0.1) is 11.6 Å². The van der Waals surface area contributed by atoms with Gasteiger partial charge >= 0.3 is 6.18 Å². The molecule has 1 fully saturated rings. The maximum absolute atomic E-state index is 12.6. The van der Waals surface area contributed by atoms with Crippen LogP contribution < -0.4 is 0 Å². The maximum Gasteiger partial charge on any atom is 0.391 e. The van der Waals surface area contributed by atoms with E-state index in [1.54, 1.807) is 7.05 Å². The Hall–Kier alpha value is -0.490. The largest absolute Gasteiger partial charge is 0.391 e. The molecule has 0 aromatic rings. The summed E-state index contributed by atoms with van der Waals surface area (Å²) < 4.78 is 42.6. The zero-order valence-electron chi connectivity index (χ0n) is 11.8. The molecule has 0 radical (unpaired) electrons. The average Bonchev–Trinajstić information content (AvgIpc) is 2.37. The van der Waals surface area contributed by atoms with Gasteiger partial charge in [0.1, 0.15) is 0 Å². The molecule has 0 aromatic carbocycles. The molecule has 1 atom stereocenters. The van der Waals surface area contributed by atoms with E-state index in [1.807, 2.05) is 0 Å². The first kappa shape index (κ1) is 17.6. The maximum atomic E-state index is 12.6. The smallest absolute Gasteiger partial charge is 0.383 e. The van der Waals surface area contributed by atoms with Gasteiger partial charge in [-0.05, 0) is 25.7 Å². The van der Waals surface area contributed by atoms with Crippen LogP contribution in [0.3, 0.4) is 0 Å². The number of hydrogen-bond donors (Lipinski definition) is 0. The molecular formula is C13H21ClF3NO2. The summed E-state index contributed by atoms with van der Waals surface area (Å²) in [5.41, 5.74) is 0. The molecule has 118 valence electrons. The molecule has 0 saturated heterocycles. The first-order valence-corrected chi connectivity index (χ1v) is 7.14. The third-order valence-corrected chi connectivity index (χ3v) is 4.00. The van der Waals surface area contributed by atoms with Gasteiger partial charge < -0.3 is 9.64 Å².